The molecule has 6 heteroatoms. The number of hydrogen-bond acceptors (Lipinski definition) is 6. The van der Waals surface area contributed by atoms with Crippen LogP contribution in [-0.4, -0.2) is 63.1 Å². The summed E-state index contributed by atoms with van der Waals surface area (Å²) in [4.78, 5) is 0. The largest absolute Gasteiger partial charge is 0.494 e. The highest BCUT2D eigenvalue weighted by Crippen LogP contribution is 2.29. The van der Waals surface area contributed by atoms with E-state index >= 15 is 0 Å². The van der Waals surface area contributed by atoms with E-state index in [0.29, 0.717) is 19.8 Å². The van der Waals surface area contributed by atoms with Gasteiger partial charge in [-0.25, -0.2) is 0 Å². The average Bonchev–Trinajstić information content (AvgIpc) is 2.90. The summed E-state index contributed by atoms with van der Waals surface area (Å²) in [6.45, 7) is 7.94. The summed E-state index contributed by atoms with van der Waals surface area (Å²) in [7, 11) is 0. The molecule has 1 fully saturated rings. The molecule has 0 radical (unpaired) electrons. The summed E-state index contributed by atoms with van der Waals surface area (Å²) in [5, 5.41) is 18.5. The Morgan fingerprint density at radius 2 is 1.25 bits per heavy atom. The zero-order valence-corrected chi connectivity index (χ0v) is 22.0. The lowest BCUT2D eigenvalue weighted by Gasteiger charge is -2.37. The predicted molar refractivity (Wildman–Crippen MR) is 143 cm³/mol. The van der Waals surface area contributed by atoms with Crippen molar-refractivity contribution in [2.24, 2.45) is 10.8 Å². The first-order chi connectivity index (χ1) is 17.5. The Morgan fingerprint density at radius 3 is 1.75 bits per heavy atom. The Kier molecular flexibility index (Phi) is 11.5. The van der Waals surface area contributed by atoms with Gasteiger partial charge in [-0.3, -0.25) is 0 Å². The second-order valence-electron chi connectivity index (χ2n) is 10.8. The standard InChI is InChI=1S/C30H44O6/c1-29(19-31,20-32)21-33-17-7-5-3-4-6-8-18-35-27-13-9-25(10-14-27)26-11-15-28(16-12-26)36-24-30(2)22-34-23-30/h9-16,31-32H,3-8,17-24H2,1-2H3. The van der Waals surface area contributed by atoms with E-state index in [1.807, 2.05) is 31.2 Å². The molecule has 2 N–H and O–H groups in total. The number of aliphatic hydroxyl groups is 2. The molecule has 1 aliphatic heterocycles. The van der Waals surface area contributed by atoms with Gasteiger partial charge in [0.15, 0.2) is 0 Å². The van der Waals surface area contributed by atoms with E-state index < -0.39 is 5.41 Å². The summed E-state index contributed by atoms with van der Waals surface area (Å²) >= 11 is 0. The van der Waals surface area contributed by atoms with Gasteiger partial charge in [-0.05, 0) is 48.2 Å². The molecule has 200 valence electrons. The van der Waals surface area contributed by atoms with Crippen LogP contribution in [0.25, 0.3) is 11.1 Å². The summed E-state index contributed by atoms with van der Waals surface area (Å²) in [5.74, 6) is 1.80. The molecule has 3 rings (SSSR count). The maximum Gasteiger partial charge on any atom is 0.119 e. The minimum absolute atomic E-state index is 0.0595. The summed E-state index contributed by atoms with van der Waals surface area (Å²) in [6, 6.07) is 16.5. The zero-order chi connectivity index (χ0) is 25.7. The Labute approximate surface area is 216 Å². The van der Waals surface area contributed by atoms with Gasteiger partial charge in [0, 0.05) is 17.4 Å². The summed E-state index contributed by atoms with van der Waals surface area (Å²) in [6.07, 6.45) is 6.74. The lowest BCUT2D eigenvalue weighted by Crippen LogP contribution is -2.44. The van der Waals surface area contributed by atoms with Crippen LogP contribution in [0, 0.1) is 10.8 Å². The van der Waals surface area contributed by atoms with Crippen molar-refractivity contribution in [1.82, 2.24) is 0 Å². The Hall–Kier alpha value is -2.12. The molecule has 1 saturated heterocycles. The van der Waals surface area contributed by atoms with Crippen LogP contribution < -0.4 is 9.47 Å². The van der Waals surface area contributed by atoms with Crippen LogP contribution >= 0.6 is 0 Å². The molecule has 1 heterocycles. The lowest BCUT2D eigenvalue weighted by molar-refractivity contribution is -0.120. The Bertz CT molecular complexity index is 856. The monoisotopic (exact) mass is 500 g/mol. The number of unbranched alkanes of at least 4 members (excludes halogenated alkanes) is 5. The van der Waals surface area contributed by atoms with Gasteiger partial charge in [0.25, 0.3) is 0 Å². The molecule has 0 aliphatic carbocycles. The molecule has 0 atom stereocenters. The van der Waals surface area contributed by atoms with E-state index in [-0.39, 0.29) is 18.6 Å². The first kappa shape index (κ1) is 28.5. The third-order valence-electron chi connectivity index (χ3n) is 6.70. The van der Waals surface area contributed by atoms with Gasteiger partial charge in [0.1, 0.15) is 11.5 Å². The third kappa shape index (κ3) is 9.40. The predicted octanol–water partition coefficient (Wildman–Crippen LogP) is 5.50. The molecule has 36 heavy (non-hydrogen) atoms. The quantitative estimate of drug-likeness (QED) is 0.263. The zero-order valence-electron chi connectivity index (χ0n) is 22.0. The highest BCUT2D eigenvalue weighted by Gasteiger charge is 2.34. The van der Waals surface area contributed by atoms with Crippen LogP contribution in [0.15, 0.2) is 48.5 Å². The van der Waals surface area contributed by atoms with Gasteiger partial charge in [-0.15, -0.1) is 0 Å². The number of hydrogen-bond donors (Lipinski definition) is 2. The molecule has 0 aromatic heterocycles. The second kappa shape index (κ2) is 14.6. The Morgan fingerprint density at radius 1 is 0.750 bits per heavy atom. The summed E-state index contributed by atoms with van der Waals surface area (Å²) in [5.41, 5.74) is 1.93. The van der Waals surface area contributed by atoms with E-state index in [1.54, 1.807) is 0 Å². The molecular weight excluding hydrogens is 456 g/mol. The molecule has 0 saturated carbocycles. The number of ether oxygens (including phenoxy) is 4. The van der Waals surface area contributed by atoms with Crippen molar-refractivity contribution in [2.75, 3.05) is 52.9 Å². The molecule has 0 amide bonds. The number of aliphatic hydroxyl groups excluding tert-OH is 2. The van der Waals surface area contributed by atoms with E-state index in [0.717, 1.165) is 68.1 Å². The summed E-state index contributed by atoms with van der Waals surface area (Å²) < 4.78 is 22.7. The van der Waals surface area contributed by atoms with Crippen molar-refractivity contribution in [1.29, 1.82) is 0 Å². The highest BCUT2D eigenvalue weighted by atomic mass is 16.5. The minimum atomic E-state index is -0.536. The smallest absolute Gasteiger partial charge is 0.119 e. The molecular formula is C30H44O6. The van der Waals surface area contributed by atoms with Crippen molar-refractivity contribution in [3.63, 3.8) is 0 Å². The van der Waals surface area contributed by atoms with Crippen molar-refractivity contribution in [2.45, 2.75) is 52.4 Å². The molecule has 0 unspecified atom stereocenters. The van der Waals surface area contributed by atoms with E-state index in [2.05, 4.69) is 31.2 Å². The van der Waals surface area contributed by atoms with Crippen LogP contribution in [0.5, 0.6) is 11.5 Å². The van der Waals surface area contributed by atoms with Gasteiger partial charge in [-0.1, -0.05) is 63.8 Å². The van der Waals surface area contributed by atoms with Gasteiger partial charge >= 0.3 is 0 Å². The van der Waals surface area contributed by atoms with Gasteiger partial charge in [0.05, 0.1) is 46.2 Å². The van der Waals surface area contributed by atoms with Crippen LogP contribution in [-0.2, 0) is 9.47 Å². The van der Waals surface area contributed by atoms with Crippen molar-refractivity contribution in [3.8, 4) is 22.6 Å². The fraction of sp³-hybridized carbons (Fsp3) is 0.600. The molecule has 6 nitrogen and oxygen atoms in total. The molecule has 0 spiro atoms. The molecule has 1 aliphatic rings. The molecule has 2 aromatic rings. The first-order valence-corrected chi connectivity index (χ1v) is 13.3. The van der Waals surface area contributed by atoms with Gasteiger partial charge in [0.2, 0.25) is 0 Å². The van der Waals surface area contributed by atoms with E-state index in [1.165, 1.54) is 12.8 Å². The SMILES string of the molecule is CC(CO)(CO)COCCCCCCCCOc1ccc(-c2ccc(OCC3(C)COC3)cc2)cc1. The maximum absolute atomic E-state index is 9.25. The first-order valence-electron chi connectivity index (χ1n) is 13.3. The lowest BCUT2D eigenvalue weighted by atomic mass is 9.90. The highest BCUT2D eigenvalue weighted by molar-refractivity contribution is 5.64. The van der Waals surface area contributed by atoms with Crippen LogP contribution in [0.4, 0.5) is 0 Å². The van der Waals surface area contributed by atoms with Gasteiger partial charge < -0.3 is 29.2 Å². The van der Waals surface area contributed by atoms with E-state index in [9.17, 15) is 10.2 Å². The second-order valence-corrected chi connectivity index (χ2v) is 10.8. The molecule has 0 bridgehead atoms. The van der Waals surface area contributed by atoms with Gasteiger partial charge in [-0.2, -0.15) is 0 Å². The number of benzene rings is 2. The van der Waals surface area contributed by atoms with Crippen molar-refractivity contribution < 1.29 is 29.2 Å². The average molecular weight is 501 g/mol. The van der Waals surface area contributed by atoms with Crippen LogP contribution in [0.1, 0.15) is 52.4 Å². The van der Waals surface area contributed by atoms with Crippen molar-refractivity contribution >= 4 is 0 Å². The van der Waals surface area contributed by atoms with Crippen LogP contribution in [0.3, 0.4) is 0 Å². The van der Waals surface area contributed by atoms with Crippen molar-refractivity contribution in [3.05, 3.63) is 48.5 Å². The van der Waals surface area contributed by atoms with Crippen LogP contribution in [0.2, 0.25) is 0 Å². The maximum atomic E-state index is 9.25. The topological polar surface area (TPSA) is 77.4 Å². The normalized spacial score (nSPS) is 14.9. The Balaban J connectivity index is 1.23. The third-order valence-corrected chi connectivity index (χ3v) is 6.70. The molecule has 2 aromatic carbocycles. The minimum Gasteiger partial charge on any atom is -0.494 e. The number of rotatable bonds is 18. The fourth-order valence-corrected chi connectivity index (χ4v) is 3.94. The van der Waals surface area contributed by atoms with E-state index in [4.69, 9.17) is 18.9 Å². The fourth-order valence-electron chi connectivity index (χ4n) is 3.94.